The molecule has 162 valence electrons. The molecule has 0 aliphatic carbocycles. The van der Waals surface area contributed by atoms with Crippen LogP contribution >= 0.6 is 0 Å². The SMILES string of the molecule is Cc1cc(C)n(CC(C)NC(=O)C2CN(C(=O)c3[nH]nc(-c4ccccc4)c3C)C2)n1. The summed E-state index contributed by atoms with van der Waals surface area (Å²) in [5.74, 6) is -0.333. The maximum absolute atomic E-state index is 12.9. The van der Waals surface area contributed by atoms with Crippen LogP contribution in [-0.2, 0) is 11.3 Å². The van der Waals surface area contributed by atoms with E-state index in [1.165, 1.54) is 0 Å². The van der Waals surface area contributed by atoms with Crippen molar-refractivity contribution < 1.29 is 9.59 Å². The van der Waals surface area contributed by atoms with E-state index in [1.54, 1.807) is 4.90 Å². The van der Waals surface area contributed by atoms with Crippen molar-refractivity contribution in [1.82, 2.24) is 30.2 Å². The number of H-pyrrole nitrogens is 1. The van der Waals surface area contributed by atoms with Crippen molar-refractivity contribution in [3.05, 3.63) is 59.0 Å². The number of amides is 2. The number of carbonyl (C=O) groups excluding carboxylic acids is 2. The lowest BCUT2D eigenvalue weighted by Gasteiger charge is -2.38. The van der Waals surface area contributed by atoms with Crippen LogP contribution in [0.4, 0.5) is 0 Å². The van der Waals surface area contributed by atoms with Gasteiger partial charge in [0.25, 0.3) is 5.91 Å². The van der Waals surface area contributed by atoms with Crippen molar-refractivity contribution in [2.75, 3.05) is 13.1 Å². The van der Waals surface area contributed by atoms with Crippen molar-refractivity contribution >= 4 is 11.8 Å². The van der Waals surface area contributed by atoms with Crippen LogP contribution in [0.3, 0.4) is 0 Å². The zero-order valence-corrected chi connectivity index (χ0v) is 18.3. The van der Waals surface area contributed by atoms with E-state index in [2.05, 4.69) is 20.6 Å². The summed E-state index contributed by atoms with van der Waals surface area (Å²) in [6.07, 6.45) is 0. The Morgan fingerprint density at radius 3 is 2.55 bits per heavy atom. The molecule has 1 aromatic carbocycles. The van der Waals surface area contributed by atoms with Gasteiger partial charge in [-0.3, -0.25) is 19.4 Å². The highest BCUT2D eigenvalue weighted by Gasteiger charge is 2.37. The molecule has 8 heteroatoms. The molecule has 1 aliphatic heterocycles. The van der Waals surface area contributed by atoms with E-state index in [0.29, 0.717) is 25.3 Å². The Labute approximate surface area is 181 Å². The first-order valence-electron chi connectivity index (χ1n) is 10.5. The highest BCUT2D eigenvalue weighted by molar-refractivity contribution is 5.97. The summed E-state index contributed by atoms with van der Waals surface area (Å²) in [5.41, 5.74) is 5.08. The lowest BCUT2D eigenvalue weighted by molar-refractivity contribution is -0.129. The predicted octanol–water partition coefficient (Wildman–Crippen LogP) is 2.48. The number of likely N-dealkylation sites (tertiary alicyclic amines) is 1. The zero-order chi connectivity index (χ0) is 22.1. The van der Waals surface area contributed by atoms with Crippen LogP contribution in [0.25, 0.3) is 11.3 Å². The number of hydrogen-bond acceptors (Lipinski definition) is 4. The minimum atomic E-state index is -0.191. The summed E-state index contributed by atoms with van der Waals surface area (Å²) < 4.78 is 1.90. The Morgan fingerprint density at radius 1 is 1.19 bits per heavy atom. The second-order valence-corrected chi connectivity index (χ2v) is 8.36. The molecule has 1 aliphatic rings. The van der Waals surface area contributed by atoms with Crippen molar-refractivity contribution in [2.24, 2.45) is 5.92 Å². The van der Waals surface area contributed by atoms with E-state index in [9.17, 15) is 9.59 Å². The van der Waals surface area contributed by atoms with Gasteiger partial charge in [-0.1, -0.05) is 30.3 Å². The first-order chi connectivity index (χ1) is 14.8. The molecule has 2 amide bonds. The summed E-state index contributed by atoms with van der Waals surface area (Å²) in [6, 6.07) is 11.7. The van der Waals surface area contributed by atoms with E-state index in [4.69, 9.17) is 0 Å². The van der Waals surface area contributed by atoms with Gasteiger partial charge in [-0.25, -0.2) is 0 Å². The molecule has 1 fully saturated rings. The van der Waals surface area contributed by atoms with Crippen LogP contribution in [0, 0.1) is 26.7 Å². The molecule has 0 saturated carbocycles. The van der Waals surface area contributed by atoms with Gasteiger partial charge in [0.2, 0.25) is 5.91 Å². The van der Waals surface area contributed by atoms with Crippen molar-refractivity contribution in [2.45, 2.75) is 40.3 Å². The Morgan fingerprint density at radius 2 is 1.90 bits per heavy atom. The minimum absolute atomic E-state index is 0.0237. The summed E-state index contributed by atoms with van der Waals surface area (Å²) in [7, 11) is 0. The van der Waals surface area contributed by atoms with Gasteiger partial charge >= 0.3 is 0 Å². The predicted molar refractivity (Wildman–Crippen MR) is 117 cm³/mol. The van der Waals surface area contributed by atoms with E-state index >= 15 is 0 Å². The zero-order valence-electron chi connectivity index (χ0n) is 18.3. The smallest absolute Gasteiger partial charge is 0.272 e. The molecule has 2 aromatic heterocycles. The van der Waals surface area contributed by atoms with Crippen LogP contribution in [-0.4, -0.2) is 55.8 Å². The standard InChI is InChI=1S/C23H28N6O2/c1-14-10-16(3)29(27-14)11-15(2)24-22(30)19-12-28(13-19)23(31)21-17(4)20(25-26-21)18-8-6-5-7-9-18/h5-10,15,19H,11-13H2,1-4H3,(H,24,30)(H,25,26). The molecule has 31 heavy (non-hydrogen) atoms. The Balaban J connectivity index is 1.31. The Kier molecular flexibility index (Phi) is 5.63. The molecule has 0 radical (unpaired) electrons. The van der Waals surface area contributed by atoms with Gasteiger partial charge in [-0.2, -0.15) is 10.2 Å². The largest absolute Gasteiger partial charge is 0.351 e. The topological polar surface area (TPSA) is 95.9 Å². The van der Waals surface area contributed by atoms with Gasteiger partial charge in [0, 0.05) is 36.0 Å². The highest BCUT2D eigenvalue weighted by atomic mass is 16.2. The number of rotatable bonds is 6. The number of nitrogens with zero attached hydrogens (tertiary/aromatic N) is 4. The van der Waals surface area contributed by atoms with Gasteiger partial charge < -0.3 is 10.2 Å². The molecule has 1 atom stereocenters. The number of carbonyl (C=O) groups is 2. The van der Waals surface area contributed by atoms with Crippen LogP contribution in [0.2, 0.25) is 0 Å². The second kappa shape index (κ2) is 8.37. The Hall–Kier alpha value is -3.42. The molecular weight excluding hydrogens is 392 g/mol. The van der Waals surface area contributed by atoms with Crippen molar-refractivity contribution in [3.8, 4) is 11.3 Å². The second-order valence-electron chi connectivity index (χ2n) is 8.36. The minimum Gasteiger partial charge on any atom is -0.351 e. The fraction of sp³-hybridized carbons (Fsp3) is 0.391. The first-order valence-corrected chi connectivity index (χ1v) is 10.5. The first kappa shape index (κ1) is 20.8. The van der Waals surface area contributed by atoms with Crippen LogP contribution in [0.15, 0.2) is 36.4 Å². The fourth-order valence-corrected chi connectivity index (χ4v) is 3.98. The third-order valence-corrected chi connectivity index (χ3v) is 5.75. The van der Waals surface area contributed by atoms with E-state index < -0.39 is 0 Å². The molecule has 3 heterocycles. The number of benzene rings is 1. The van der Waals surface area contributed by atoms with Gasteiger partial charge in [0.1, 0.15) is 5.69 Å². The lowest BCUT2D eigenvalue weighted by Crippen LogP contribution is -2.57. The molecule has 8 nitrogen and oxygen atoms in total. The molecular formula is C23H28N6O2. The number of hydrogen-bond donors (Lipinski definition) is 2. The number of nitrogens with one attached hydrogen (secondary N) is 2. The average Bonchev–Trinajstić information content (AvgIpc) is 3.22. The average molecular weight is 421 g/mol. The van der Waals surface area contributed by atoms with E-state index in [1.807, 2.05) is 68.8 Å². The summed E-state index contributed by atoms with van der Waals surface area (Å²) in [6.45, 7) is 9.27. The van der Waals surface area contributed by atoms with Crippen LogP contribution < -0.4 is 5.32 Å². The summed E-state index contributed by atoms with van der Waals surface area (Å²) in [4.78, 5) is 27.1. The molecule has 3 aromatic rings. The van der Waals surface area contributed by atoms with E-state index in [-0.39, 0.29) is 23.8 Å². The lowest BCUT2D eigenvalue weighted by atomic mass is 9.97. The molecule has 1 unspecified atom stereocenters. The van der Waals surface area contributed by atoms with Crippen LogP contribution in [0.5, 0.6) is 0 Å². The van der Waals surface area contributed by atoms with Crippen molar-refractivity contribution in [1.29, 1.82) is 0 Å². The highest BCUT2D eigenvalue weighted by Crippen LogP contribution is 2.26. The number of aromatic nitrogens is 4. The van der Waals surface area contributed by atoms with Gasteiger partial charge in [-0.05, 0) is 33.8 Å². The molecule has 2 N–H and O–H groups in total. The fourth-order valence-electron chi connectivity index (χ4n) is 3.98. The number of aromatic amines is 1. The molecule has 0 bridgehead atoms. The summed E-state index contributed by atoms with van der Waals surface area (Å²) >= 11 is 0. The normalized spacial score (nSPS) is 14.9. The van der Waals surface area contributed by atoms with Gasteiger partial charge in [-0.15, -0.1) is 0 Å². The summed E-state index contributed by atoms with van der Waals surface area (Å²) in [5, 5.41) is 14.7. The monoisotopic (exact) mass is 420 g/mol. The molecule has 1 saturated heterocycles. The van der Waals surface area contributed by atoms with E-state index in [0.717, 1.165) is 28.2 Å². The quantitative estimate of drug-likeness (QED) is 0.640. The maximum atomic E-state index is 12.9. The molecule has 0 spiro atoms. The van der Waals surface area contributed by atoms with Gasteiger partial charge in [0.05, 0.1) is 23.9 Å². The number of aryl methyl sites for hydroxylation is 2. The third kappa shape index (κ3) is 4.23. The van der Waals surface area contributed by atoms with Gasteiger partial charge in [0.15, 0.2) is 0 Å². The molecule has 4 rings (SSSR count). The maximum Gasteiger partial charge on any atom is 0.272 e. The third-order valence-electron chi connectivity index (χ3n) is 5.75. The van der Waals surface area contributed by atoms with Crippen LogP contribution in [0.1, 0.15) is 34.4 Å². The Bertz CT molecular complexity index is 1090. The van der Waals surface area contributed by atoms with Crippen molar-refractivity contribution in [3.63, 3.8) is 0 Å².